The zero-order valence-corrected chi connectivity index (χ0v) is 15.1. The van der Waals surface area contributed by atoms with Crippen molar-refractivity contribution in [3.63, 3.8) is 0 Å². The van der Waals surface area contributed by atoms with Crippen LogP contribution in [-0.2, 0) is 6.54 Å². The van der Waals surface area contributed by atoms with Crippen LogP contribution in [0.5, 0.6) is 5.75 Å². The molecule has 1 atom stereocenters. The smallest absolute Gasteiger partial charge is 0.420 e. The molecular weight excluding hydrogens is 328 g/mol. The Morgan fingerprint density at radius 2 is 1.96 bits per heavy atom. The van der Waals surface area contributed by atoms with Crippen molar-refractivity contribution in [3.8, 4) is 5.75 Å². The fourth-order valence-corrected chi connectivity index (χ4v) is 3.83. The Morgan fingerprint density at radius 1 is 1.15 bits per heavy atom. The van der Waals surface area contributed by atoms with Gasteiger partial charge in [-0.15, -0.1) is 0 Å². The van der Waals surface area contributed by atoms with Crippen LogP contribution in [0.3, 0.4) is 0 Å². The van der Waals surface area contributed by atoms with Gasteiger partial charge in [-0.3, -0.25) is 9.47 Å². The van der Waals surface area contributed by atoms with Crippen LogP contribution in [0.1, 0.15) is 31.4 Å². The second-order valence-electron chi connectivity index (χ2n) is 6.81. The molecule has 4 rings (SSSR count). The van der Waals surface area contributed by atoms with E-state index in [2.05, 4.69) is 17.0 Å². The third kappa shape index (κ3) is 3.40. The van der Waals surface area contributed by atoms with Crippen LogP contribution < -0.4 is 10.5 Å². The first kappa shape index (κ1) is 16.9. The van der Waals surface area contributed by atoms with E-state index in [-0.39, 0.29) is 11.8 Å². The molecule has 26 heavy (non-hydrogen) atoms. The van der Waals surface area contributed by atoms with Gasteiger partial charge < -0.3 is 9.15 Å². The fraction of sp³-hybridized carbons (Fsp3) is 0.381. The van der Waals surface area contributed by atoms with E-state index in [1.54, 1.807) is 0 Å². The number of hydrogen-bond donors (Lipinski definition) is 0. The van der Waals surface area contributed by atoms with E-state index in [0.29, 0.717) is 12.2 Å². The Kier molecular flexibility index (Phi) is 4.80. The van der Waals surface area contributed by atoms with Crippen molar-refractivity contribution in [2.45, 2.75) is 32.4 Å². The summed E-state index contributed by atoms with van der Waals surface area (Å²) in [5, 5.41) is 0. The molecule has 1 aliphatic rings. The number of ether oxygens (including phenoxy) is 1. The summed E-state index contributed by atoms with van der Waals surface area (Å²) in [6.45, 7) is 5.46. The lowest BCUT2D eigenvalue weighted by Crippen LogP contribution is -2.38. The minimum absolute atomic E-state index is 0.155. The van der Waals surface area contributed by atoms with E-state index in [4.69, 9.17) is 9.15 Å². The second kappa shape index (κ2) is 7.38. The average Bonchev–Trinajstić information content (AvgIpc) is 2.99. The third-order valence-corrected chi connectivity index (χ3v) is 5.01. The number of hydrogen-bond acceptors (Lipinski definition) is 4. The summed E-state index contributed by atoms with van der Waals surface area (Å²) < 4.78 is 12.8. The zero-order chi connectivity index (χ0) is 17.9. The Morgan fingerprint density at radius 3 is 2.77 bits per heavy atom. The predicted octanol–water partition coefficient (Wildman–Crippen LogP) is 3.83. The van der Waals surface area contributed by atoms with Gasteiger partial charge in [0.25, 0.3) is 0 Å². The molecule has 0 bridgehead atoms. The van der Waals surface area contributed by atoms with Crippen LogP contribution in [0.4, 0.5) is 0 Å². The number of oxazole rings is 1. The maximum absolute atomic E-state index is 12.4. The molecule has 0 N–H and O–H groups in total. The molecule has 0 aliphatic carbocycles. The number of nitrogens with zero attached hydrogens (tertiary/aromatic N) is 2. The highest BCUT2D eigenvalue weighted by Crippen LogP contribution is 2.26. The van der Waals surface area contributed by atoms with Gasteiger partial charge >= 0.3 is 5.76 Å². The molecule has 136 valence electrons. The summed E-state index contributed by atoms with van der Waals surface area (Å²) in [6.07, 6.45) is 2.08. The fourth-order valence-electron chi connectivity index (χ4n) is 3.83. The van der Waals surface area contributed by atoms with E-state index in [0.717, 1.165) is 43.7 Å². The molecule has 2 heterocycles. The molecular formula is C21H24N2O3. The molecule has 5 nitrogen and oxygen atoms in total. The zero-order valence-electron chi connectivity index (χ0n) is 15.1. The Balaban J connectivity index is 1.50. The highest BCUT2D eigenvalue weighted by atomic mass is 16.5. The number of aromatic nitrogens is 1. The molecule has 1 saturated heterocycles. The molecule has 1 aromatic heterocycles. The molecule has 0 amide bonds. The van der Waals surface area contributed by atoms with Gasteiger partial charge in [-0.1, -0.05) is 24.3 Å². The first-order valence-electron chi connectivity index (χ1n) is 9.29. The van der Waals surface area contributed by atoms with Crippen molar-refractivity contribution in [2.75, 3.05) is 19.7 Å². The van der Waals surface area contributed by atoms with Crippen LogP contribution in [0.2, 0.25) is 0 Å². The SMILES string of the molecule is CCOc1ccc(CN2CCCC(n3c(=O)oc4ccccc43)C2)cc1. The predicted molar refractivity (Wildman–Crippen MR) is 102 cm³/mol. The average molecular weight is 352 g/mol. The maximum atomic E-state index is 12.4. The standard InChI is InChI=1S/C21H24N2O3/c1-2-25-18-11-9-16(10-12-18)14-22-13-5-6-17(15-22)23-19-7-3-4-8-20(19)26-21(23)24/h3-4,7-12,17H,2,5-6,13-15H2,1H3. The number of likely N-dealkylation sites (tertiary alicyclic amines) is 1. The van der Waals surface area contributed by atoms with Crippen molar-refractivity contribution < 1.29 is 9.15 Å². The van der Waals surface area contributed by atoms with Crippen molar-refractivity contribution in [3.05, 3.63) is 64.6 Å². The van der Waals surface area contributed by atoms with Crippen molar-refractivity contribution >= 4 is 11.1 Å². The molecule has 0 saturated carbocycles. The summed E-state index contributed by atoms with van der Waals surface area (Å²) in [5.41, 5.74) is 2.82. The quantitative estimate of drug-likeness (QED) is 0.700. The molecule has 0 spiro atoms. The van der Waals surface area contributed by atoms with Gasteiger partial charge in [0, 0.05) is 13.1 Å². The van der Waals surface area contributed by atoms with E-state index in [1.807, 2.05) is 47.9 Å². The molecule has 1 aliphatic heterocycles. The van der Waals surface area contributed by atoms with E-state index >= 15 is 0 Å². The first-order valence-corrected chi connectivity index (χ1v) is 9.29. The summed E-state index contributed by atoms with van der Waals surface area (Å²) in [6, 6.07) is 16.1. The van der Waals surface area contributed by atoms with Crippen LogP contribution in [0, 0.1) is 0 Å². The van der Waals surface area contributed by atoms with Crippen LogP contribution in [0.15, 0.2) is 57.7 Å². The molecule has 0 radical (unpaired) electrons. The van der Waals surface area contributed by atoms with Crippen LogP contribution in [-0.4, -0.2) is 29.2 Å². The van der Waals surface area contributed by atoms with Crippen molar-refractivity contribution in [2.24, 2.45) is 0 Å². The number of piperidine rings is 1. The summed E-state index contributed by atoms with van der Waals surface area (Å²) in [5.74, 6) is 0.656. The number of rotatable bonds is 5. The van der Waals surface area contributed by atoms with Crippen LogP contribution >= 0.6 is 0 Å². The normalized spacial score (nSPS) is 18.3. The minimum Gasteiger partial charge on any atom is -0.494 e. The largest absolute Gasteiger partial charge is 0.494 e. The summed E-state index contributed by atoms with van der Waals surface area (Å²) in [4.78, 5) is 14.8. The van der Waals surface area contributed by atoms with E-state index in [1.165, 1.54) is 5.56 Å². The number of fused-ring (bicyclic) bond motifs is 1. The summed E-state index contributed by atoms with van der Waals surface area (Å²) >= 11 is 0. The number of para-hydroxylation sites is 2. The molecule has 2 aromatic carbocycles. The van der Waals surface area contributed by atoms with Gasteiger partial charge in [0.15, 0.2) is 5.58 Å². The molecule has 3 aromatic rings. The lowest BCUT2D eigenvalue weighted by Gasteiger charge is -2.33. The van der Waals surface area contributed by atoms with E-state index < -0.39 is 0 Å². The Hall–Kier alpha value is -2.53. The van der Waals surface area contributed by atoms with E-state index in [9.17, 15) is 4.79 Å². The highest BCUT2D eigenvalue weighted by Gasteiger charge is 2.25. The lowest BCUT2D eigenvalue weighted by molar-refractivity contribution is 0.168. The Bertz CT molecular complexity index is 926. The summed E-state index contributed by atoms with van der Waals surface area (Å²) in [7, 11) is 0. The maximum Gasteiger partial charge on any atom is 0.420 e. The van der Waals surface area contributed by atoms with Crippen molar-refractivity contribution in [1.82, 2.24) is 9.47 Å². The van der Waals surface area contributed by atoms with Crippen LogP contribution in [0.25, 0.3) is 11.1 Å². The second-order valence-corrected chi connectivity index (χ2v) is 6.81. The highest BCUT2D eigenvalue weighted by molar-refractivity contribution is 5.72. The van der Waals surface area contributed by atoms with Gasteiger partial charge in [-0.25, -0.2) is 4.79 Å². The molecule has 1 fully saturated rings. The molecule has 1 unspecified atom stereocenters. The van der Waals surface area contributed by atoms with Gasteiger partial charge in [0.2, 0.25) is 0 Å². The van der Waals surface area contributed by atoms with Gasteiger partial charge in [0.1, 0.15) is 5.75 Å². The van der Waals surface area contributed by atoms with Crippen molar-refractivity contribution in [1.29, 1.82) is 0 Å². The Labute approximate surface area is 152 Å². The van der Waals surface area contributed by atoms with Gasteiger partial charge in [0.05, 0.1) is 18.2 Å². The van der Waals surface area contributed by atoms with Gasteiger partial charge in [-0.05, 0) is 56.1 Å². The minimum atomic E-state index is -0.251. The third-order valence-electron chi connectivity index (χ3n) is 5.01. The lowest BCUT2D eigenvalue weighted by atomic mass is 10.0. The number of benzene rings is 2. The first-order chi connectivity index (χ1) is 12.7. The monoisotopic (exact) mass is 352 g/mol. The van der Waals surface area contributed by atoms with Gasteiger partial charge in [-0.2, -0.15) is 0 Å². The molecule has 5 heteroatoms. The topological polar surface area (TPSA) is 47.6 Å².